The third-order valence-electron chi connectivity index (χ3n) is 2.59. The van der Waals surface area contributed by atoms with E-state index in [0.717, 1.165) is 13.1 Å². The Hall–Kier alpha value is -0.340. The van der Waals surface area contributed by atoms with Gasteiger partial charge in [0, 0.05) is 24.7 Å². The molecule has 0 aliphatic heterocycles. The van der Waals surface area contributed by atoms with E-state index in [1.807, 2.05) is 6.08 Å². The van der Waals surface area contributed by atoms with Crippen LogP contribution in [0.15, 0.2) is 12.7 Å². The maximum absolute atomic E-state index is 6.07. The van der Waals surface area contributed by atoms with Gasteiger partial charge in [0.15, 0.2) is 0 Å². The lowest BCUT2D eigenvalue weighted by Gasteiger charge is -2.37. The number of nitrogens with two attached hydrogens (primary N) is 1. The lowest BCUT2D eigenvalue weighted by molar-refractivity contribution is 0.136. The van der Waals surface area contributed by atoms with Crippen LogP contribution in [-0.4, -0.2) is 29.6 Å². The molecule has 2 N–H and O–H groups in total. The van der Waals surface area contributed by atoms with E-state index in [9.17, 15) is 0 Å². The lowest BCUT2D eigenvalue weighted by atomic mass is 10.0. The molecule has 0 aromatic carbocycles. The van der Waals surface area contributed by atoms with E-state index in [-0.39, 0.29) is 11.6 Å². The molecule has 0 heterocycles. The van der Waals surface area contributed by atoms with Crippen LogP contribution >= 0.6 is 0 Å². The topological polar surface area (TPSA) is 29.3 Å². The van der Waals surface area contributed by atoms with E-state index < -0.39 is 0 Å². The van der Waals surface area contributed by atoms with Crippen LogP contribution in [-0.2, 0) is 0 Å². The van der Waals surface area contributed by atoms with Gasteiger partial charge in [-0.2, -0.15) is 0 Å². The van der Waals surface area contributed by atoms with Gasteiger partial charge in [0.2, 0.25) is 0 Å². The predicted octanol–water partition coefficient (Wildman–Crippen LogP) is 2.26. The minimum Gasteiger partial charge on any atom is -0.326 e. The van der Waals surface area contributed by atoms with Crippen LogP contribution in [0.4, 0.5) is 0 Å². The van der Waals surface area contributed by atoms with E-state index in [1.54, 1.807) is 0 Å². The Morgan fingerprint density at radius 3 is 2.14 bits per heavy atom. The first kappa shape index (κ1) is 13.7. The molecule has 0 spiro atoms. The Labute approximate surface area is 89.2 Å². The fourth-order valence-corrected chi connectivity index (χ4v) is 1.24. The van der Waals surface area contributed by atoms with Crippen LogP contribution in [0.2, 0.25) is 0 Å². The second-order valence-electron chi connectivity index (χ2n) is 5.27. The van der Waals surface area contributed by atoms with Crippen molar-refractivity contribution in [3.63, 3.8) is 0 Å². The Kier molecular flexibility index (Phi) is 5.38. The van der Waals surface area contributed by atoms with Gasteiger partial charge in [-0.25, -0.2) is 0 Å². The van der Waals surface area contributed by atoms with Crippen molar-refractivity contribution < 1.29 is 0 Å². The molecule has 0 rings (SSSR count). The molecule has 14 heavy (non-hydrogen) atoms. The highest BCUT2D eigenvalue weighted by molar-refractivity contribution is 4.85. The molecule has 1 unspecified atom stereocenters. The Morgan fingerprint density at radius 1 is 1.36 bits per heavy atom. The Bertz CT molecular complexity index is 168. The van der Waals surface area contributed by atoms with Gasteiger partial charge in [-0.05, 0) is 26.7 Å². The maximum Gasteiger partial charge on any atom is 0.0191 e. The first-order chi connectivity index (χ1) is 6.29. The molecule has 2 heteroatoms. The smallest absolute Gasteiger partial charge is 0.0191 e. The molecule has 0 aliphatic carbocycles. The van der Waals surface area contributed by atoms with Crippen LogP contribution in [0.25, 0.3) is 0 Å². The van der Waals surface area contributed by atoms with Crippen LogP contribution in [0.1, 0.15) is 34.6 Å². The van der Waals surface area contributed by atoms with E-state index in [2.05, 4.69) is 46.1 Å². The summed E-state index contributed by atoms with van der Waals surface area (Å²) in [6.45, 7) is 16.6. The van der Waals surface area contributed by atoms with Crippen molar-refractivity contribution in [2.75, 3.05) is 13.1 Å². The van der Waals surface area contributed by atoms with E-state index in [1.165, 1.54) is 0 Å². The molecule has 0 saturated heterocycles. The van der Waals surface area contributed by atoms with Crippen molar-refractivity contribution in [3.05, 3.63) is 12.7 Å². The van der Waals surface area contributed by atoms with Crippen molar-refractivity contribution in [1.82, 2.24) is 4.90 Å². The summed E-state index contributed by atoms with van der Waals surface area (Å²) >= 11 is 0. The van der Waals surface area contributed by atoms with Crippen LogP contribution in [0.3, 0.4) is 0 Å². The molecule has 0 bridgehead atoms. The highest BCUT2D eigenvalue weighted by Crippen LogP contribution is 2.14. The highest BCUT2D eigenvalue weighted by atomic mass is 15.2. The molecule has 2 nitrogen and oxygen atoms in total. The summed E-state index contributed by atoms with van der Waals surface area (Å²) in [5.41, 5.74) is 6.24. The molecule has 0 saturated carbocycles. The van der Waals surface area contributed by atoms with E-state index in [4.69, 9.17) is 5.73 Å². The summed E-state index contributed by atoms with van der Waals surface area (Å²) in [6, 6.07) is 0.245. The zero-order valence-electron chi connectivity index (χ0n) is 10.4. The molecule has 0 aromatic heterocycles. The van der Waals surface area contributed by atoms with E-state index in [0.29, 0.717) is 5.92 Å². The van der Waals surface area contributed by atoms with Gasteiger partial charge in [-0.3, -0.25) is 4.90 Å². The van der Waals surface area contributed by atoms with Crippen molar-refractivity contribution in [1.29, 1.82) is 0 Å². The molecule has 0 fully saturated rings. The molecule has 0 radical (unpaired) electrons. The second kappa shape index (κ2) is 5.52. The van der Waals surface area contributed by atoms with Crippen LogP contribution in [0, 0.1) is 5.92 Å². The normalized spacial score (nSPS) is 14.9. The van der Waals surface area contributed by atoms with Gasteiger partial charge in [0.1, 0.15) is 0 Å². The zero-order chi connectivity index (χ0) is 11.4. The Morgan fingerprint density at radius 2 is 1.86 bits per heavy atom. The summed E-state index contributed by atoms with van der Waals surface area (Å²) in [5, 5.41) is 0. The number of rotatable bonds is 5. The maximum atomic E-state index is 6.07. The first-order valence-electron chi connectivity index (χ1n) is 5.40. The average Bonchev–Trinajstić information content (AvgIpc) is 2.01. The van der Waals surface area contributed by atoms with Gasteiger partial charge >= 0.3 is 0 Å². The minimum absolute atomic E-state index is 0.167. The summed E-state index contributed by atoms with van der Waals surface area (Å²) in [5.74, 6) is 0.532. The van der Waals surface area contributed by atoms with Gasteiger partial charge < -0.3 is 5.73 Å². The molecular weight excluding hydrogens is 172 g/mol. The molecule has 0 amide bonds. The number of hydrogen-bond donors (Lipinski definition) is 1. The molecule has 0 aromatic rings. The van der Waals surface area contributed by atoms with Gasteiger partial charge in [-0.1, -0.05) is 19.9 Å². The van der Waals surface area contributed by atoms with Crippen molar-refractivity contribution in [2.45, 2.75) is 46.2 Å². The van der Waals surface area contributed by atoms with Crippen molar-refractivity contribution in [2.24, 2.45) is 11.7 Å². The lowest BCUT2D eigenvalue weighted by Crippen LogP contribution is -2.49. The minimum atomic E-state index is 0.167. The van der Waals surface area contributed by atoms with Gasteiger partial charge in [0.25, 0.3) is 0 Å². The third kappa shape index (κ3) is 4.77. The standard InChI is InChI=1S/C12H26N2/c1-7-8-14(12(4,5)6)9-11(13)10(2)3/h7,10-11H,1,8-9,13H2,2-6H3. The SMILES string of the molecule is C=CCN(CC(N)C(C)C)C(C)(C)C. The monoisotopic (exact) mass is 198 g/mol. The van der Waals surface area contributed by atoms with Crippen LogP contribution in [0.5, 0.6) is 0 Å². The van der Waals surface area contributed by atoms with E-state index >= 15 is 0 Å². The second-order valence-corrected chi connectivity index (χ2v) is 5.27. The molecule has 84 valence electrons. The highest BCUT2D eigenvalue weighted by Gasteiger charge is 2.22. The van der Waals surface area contributed by atoms with Crippen molar-refractivity contribution >= 4 is 0 Å². The number of nitrogens with zero attached hydrogens (tertiary/aromatic N) is 1. The average molecular weight is 198 g/mol. The van der Waals surface area contributed by atoms with Crippen LogP contribution < -0.4 is 5.73 Å². The summed E-state index contributed by atoms with van der Waals surface area (Å²) in [7, 11) is 0. The predicted molar refractivity (Wildman–Crippen MR) is 64.3 cm³/mol. The van der Waals surface area contributed by atoms with Gasteiger partial charge in [0.05, 0.1) is 0 Å². The largest absolute Gasteiger partial charge is 0.326 e. The molecule has 1 atom stereocenters. The summed E-state index contributed by atoms with van der Waals surface area (Å²) < 4.78 is 0. The molecular formula is C12H26N2. The fraction of sp³-hybridized carbons (Fsp3) is 0.833. The quantitative estimate of drug-likeness (QED) is 0.687. The van der Waals surface area contributed by atoms with Crippen molar-refractivity contribution in [3.8, 4) is 0 Å². The van der Waals surface area contributed by atoms with Gasteiger partial charge in [-0.15, -0.1) is 6.58 Å². The summed E-state index contributed by atoms with van der Waals surface area (Å²) in [4.78, 5) is 2.37. The molecule has 0 aliphatic rings. The fourth-order valence-electron chi connectivity index (χ4n) is 1.24. The first-order valence-corrected chi connectivity index (χ1v) is 5.40. The number of hydrogen-bond acceptors (Lipinski definition) is 2. The zero-order valence-corrected chi connectivity index (χ0v) is 10.4. The third-order valence-corrected chi connectivity index (χ3v) is 2.59. The Balaban J connectivity index is 4.30. The summed E-state index contributed by atoms with van der Waals surface area (Å²) in [6.07, 6.45) is 1.94.